The Hall–Kier alpha value is -0.880. The molecule has 21 heavy (non-hydrogen) atoms. The Kier molecular flexibility index (Phi) is 6.23. The van der Waals surface area contributed by atoms with E-state index in [0.29, 0.717) is 23.5 Å². The molecule has 1 fully saturated rings. The molecule has 1 N–H and O–H groups in total. The van der Waals surface area contributed by atoms with Gasteiger partial charge in [0.2, 0.25) is 0 Å². The molecule has 0 bridgehead atoms. The highest BCUT2D eigenvalue weighted by Crippen LogP contribution is 2.29. The maximum atomic E-state index is 12.2. The normalized spacial score (nSPS) is 22.2. The summed E-state index contributed by atoms with van der Waals surface area (Å²) in [6.07, 6.45) is 6.91. The van der Waals surface area contributed by atoms with E-state index in [-0.39, 0.29) is 5.56 Å². The zero-order valence-corrected chi connectivity index (χ0v) is 14.4. The molecule has 1 aliphatic rings. The van der Waals surface area contributed by atoms with Crippen LogP contribution in [0.4, 0.5) is 5.69 Å². The van der Waals surface area contributed by atoms with Crippen LogP contribution in [-0.4, -0.2) is 30.0 Å². The number of halogens is 1. The summed E-state index contributed by atoms with van der Waals surface area (Å²) in [5, 5.41) is 7.56. The molecule has 1 aliphatic carbocycles. The van der Waals surface area contributed by atoms with Crippen LogP contribution in [-0.2, 0) is 11.3 Å². The van der Waals surface area contributed by atoms with Gasteiger partial charge in [0.15, 0.2) is 0 Å². The summed E-state index contributed by atoms with van der Waals surface area (Å²) < 4.78 is 6.95. The Bertz CT molecular complexity index is 518. The van der Waals surface area contributed by atoms with Gasteiger partial charge < -0.3 is 10.1 Å². The van der Waals surface area contributed by atoms with Gasteiger partial charge in [0.1, 0.15) is 4.47 Å². The molecule has 1 aromatic heterocycles. The third-order valence-electron chi connectivity index (χ3n) is 4.12. The third-order valence-corrected chi connectivity index (χ3v) is 4.88. The highest BCUT2D eigenvalue weighted by molar-refractivity contribution is 9.10. The summed E-state index contributed by atoms with van der Waals surface area (Å²) in [6, 6.07) is 0. The van der Waals surface area contributed by atoms with Crippen LogP contribution in [0.25, 0.3) is 0 Å². The van der Waals surface area contributed by atoms with Crippen molar-refractivity contribution in [1.82, 2.24) is 9.78 Å². The van der Waals surface area contributed by atoms with E-state index in [1.165, 1.54) is 30.4 Å². The van der Waals surface area contributed by atoms with Crippen molar-refractivity contribution >= 4 is 21.6 Å². The van der Waals surface area contributed by atoms with Crippen LogP contribution in [0.5, 0.6) is 0 Å². The second-order valence-corrected chi connectivity index (χ2v) is 6.71. The molecule has 2 atom stereocenters. The zero-order valence-electron chi connectivity index (χ0n) is 12.8. The fourth-order valence-electron chi connectivity index (χ4n) is 2.92. The Balaban J connectivity index is 1.97. The molecule has 1 aromatic rings. The van der Waals surface area contributed by atoms with Crippen molar-refractivity contribution in [2.45, 2.75) is 39.2 Å². The van der Waals surface area contributed by atoms with Crippen molar-refractivity contribution in [2.24, 2.45) is 11.8 Å². The first-order valence-electron chi connectivity index (χ1n) is 7.60. The molecule has 0 spiro atoms. The number of hydrogen-bond acceptors (Lipinski definition) is 4. The molecule has 0 saturated heterocycles. The van der Waals surface area contributed by atoms with Crippen LogP contribution in [0.15, 0.2) is 15.5 Å². The predicted octanol–water partition coefficient (Wildman–Crippen LogP) is 2.89. The van der Waals surface area contributed by atoms with Crippen LogP contribution in [0.2, 0.25) is 0 Å². The maximum Gasteiger partial charge on any atom is 0.283 e. The molecule has 0 radical (unpaired) electrons. The summed E-state index contributed by atoms with van der Waals surface area (Å²) in [5.74, 6) is 1.51. The molecule has 6 heteroatoms. The molecule has 1 saturated carbocycles. The van der Waals surface area contributed by atoms with Gasteiger partial charge in [-0.3, -0.25) is 4.79 Å². The molecule has 0 aliphatic heterocycles. The fraction of sp³-hybridized carbons (Fsp3) is 0.733. The van der Waals surface area contributed by atoms with Gasteiger partial charge >= 0.3 is 0 Å². The predicted molar refractivity (Wildman–Crippen MR) is 87.7 cm³/mol. The van der Waals surface area contributed by atoms with Crippen LogP contribution in [0, 0.1) is 11.8 Å². The summed E-state index contributed by atoms with van der Waals surface area (Å²) in [4.78, 5) is 12.2. The summed E-state index contributed by atoms with van der Waals surface area (Å²) in [6.45, 7) is 4.17. The van der Waals surface area contributed by atoms with Gasteiger partial charge in [0, 0.05) is 13.7 Å². The number of nitrogens with zero attached hydrogens (tertiary/aromatic N) is 2. The Morgan fingerprint density at radius 3 is 3.05 bits per heavy atom. The quantitative estimate of drug-likeness (QED) is 0.850. The van der Waals surface area contributed by atoms with Crippen LogP contribution < -0.4 is 10.9 Å². The molecule has 0 amide bonds. The van der Waals surface area contributed by atoms with Crippen molar-refractivity contribution in [3.8, 4) is 0 Å². The maximum absolute atomic E-state index is 12.2. The van der Waals surface area contributed by atoms with E-state index in [1.54, 1.807) is 13.3 Å². The third kappa shape index (κ3) is 4.54. The number of hydrogen-bond donors (Lipinski definition) is 1. The number of aromatic nitrogens is 2. The highest BCUT2D eigenvalue weighted by atomic mass is 79.9. The Morgan fingerprint density at radius 1 is 1.52 bits per heavy atom. The van der Waals surface area contributed by atoms with E-state index >= 15 is 0 Å². The van der Waals surface area contributed by atoms with E-state index in [9.17, 15) is 4.79 Å². The first-order chi connectivity index (χ1) is 10.1. The van der Waals surface area contributed by atoms with Gasteiger partial charge in [0.05, 0.1) is 25.0 Å². The molecule has 1 heterocycles. The van der Waals surface area contributed by atoms with Crippen molar-refractivity contribution in [3.63, 3.8) is 0 Å². The van der Waals surface area contributed by atoms with Gasteiger partial charge in [-0.05, 0) is 40.6 Å². The Morgan fingerprint density at radius 2 is 2.33 bits per heavy atom. The largest absolute Gasteiger partial charge is 0.383 e. The second kappa shape index (κ2) is 7.94. The lowest BCUT2D eigenvalue weighted by Crippen LogP contribution is -2.27. The molecule has 2 rings (SSSR count). The first-order valence-corrected chi connectivity index (χ1v) is 8.39. The molecule has 2 unspecified atom stereocenters. The zero-order chi connectivity index (χ0) is 15.2. The van der Waals surface area contributed by atoms with Gasteiger partial charge in [-0.1, -0.05) is 19.8 Å². The molecular formula is C15H24BrN3O2. The lowest BCUT2D eigenvalue weighted by Gasteiger charge is -2.27. The number of anilines is 1. The van der Waals surface area contributed by atoms with E-state index in [0.717, 1.165) is 18.2 Å². The smallest absolute Gasteiger partial charge is 0.283 e. The lowest BCUT2D eigenvalue weighted by molar-refractivity contribution is 0.181. The standard InChI is InChI=1S/C15H24BrN3O2/c1-11-4-3-5-12(8-11)9-17-13-10-18-19(6-7-21-2)15(20)14(13)16/h10-12,17H,3-9H2,1-2H3. The van der Waals surface area contributed by atoms with E-state index < -0.39 is 0 Å². The van der Waals surface area contributed by atoms with Gasteiger partial charge in [0.25, 0.3) is 5.56 Å². The van der Waals surface area contributed by atoms with Crippen molar-refractivity contribution in [3.05, 3.63) is 21.0 Å². The van der Waals surface area contributed by atoms with Crippen LogP contribution >= 0.6 is 15.9 Å². The average Bonchev–Trinajstić information content (AvgIpc) is 2.48. The number of nitrogens with one attached hydrogen (secondary N) is 1. The van der Waals surface area contributed by atoms with Gasteiger partial charge in [-0.2, -0.15) is 5.10 Å². The molecular weight excluding hydrogens is 334 g/mol. The highest BCUT2D eigenvalue weighted by Gasteiger charge is 2.19. The van der Waals surface area contributed by atoms with Gasteiger partial charge in [-0.15, -0.1) is 0 Å². The van der Waals surface area contributed by atoms with E-state index in [1.807, 2.05) is 0 Å². The van der Waals surface area contributed by atoms with Crippen molar-refractivity contribution in [1.29, 1.82) is 0 Å². The topological polar surface area (TPSA) is 56.1 Å². The lowest BCUT2D eigenvalue weighted by atomic mass is 9.82. The molecule has 5 nitrogen and oxygen atoms in total. The minimum atomic E-state index is -0.117. The minimum Gasteiger partial charge on any atom is -0.383 e. The number of rotatable bonds is 6. The fourth-order valence-corrected chi connectivity index (χ4v) is 3.37. The number of methoxy groups -OCH3 is 1. The SMILES string of the molecule is COCCn1ncc(NCC2CCCC(C)C2)c(Br)c1=O. The Labute approximate surface area is 134 Å². The summed E-state index contributed by atoms with van der Waals surface area (Å²) in [7, 11) is 1.61. The summed E-state index contributed by atoms with van der Waals surface area (Å²) >= 11 is 3.38. The molecule has 0 aromatic carbocycles. The minimum absolute atomic E-state index is 0.117. The van der Waals surface area contributed by atoms with E-state index in [4.69, 9.17) is 4.74 Å². The monoisotopic (exact) mass is 357 g/mol. The van der Waals surface area contributed by atoms with Crippen LogP contribution in [0.1, 0.15) is 32.6 Å². The van der Waals surface area contributed by atoms with E-state index in [2.05, 4.69) is 33.3 Å². The summed E-state index contributed by atoms with van der Waals surface area (Å²) in [5.41, 5.74) is 0.668. The van der Waals surface area contributed by atoms with Gasteiger partial charge in [-0.25, -0.2) is 4.68 Å². The van der Waals surface area contributed by atoms with Crippen LogP contribution in [0.3, 0.4) is 0 Å². The number of ether oxygens (including phenoxy) is 1. The van der Waals surface area contributed by atoms with Crippen molar-refractivity contribution in [2.75, 3.05) is 25.6 Å². The van der Waals surface area contributed by atoms with Crippen molar-refractivity contribution < 1.29 is 4.74 Å². The first kappa shape index (κ1) is 16.5. The second-order valence-electron chi connectivity index (χ2n) is 5.91. The average molecular weight is 358 g/mol. The molecule has 118 valence electrons.